The molecule has 4 nitrogen and oxygen atoms in total. The number of thiophene rings is 1. The van der Waals surface area contributed by atoms with E-state index in [-0.39, 0.29) is 23.4 Å². The number of amides is 2. The number of rotatable bonds is 5. The monoisotopic (exact) mass is 392 g/mol. The molecule has 0 bridgehead atoms. The molecule has 144 valence electrons. The Hall–Kier alpha value is -2.28. The lowest BCUT2D eigenvalue weighted by Gasteiger charge is -2.21. The number of fused-ring (bicyclic) bond motifs is 1. The maximum Gasteiger partial charge on any atom is 0.263 e. The van der Waals surface area contributed by atoms with Gasteiger partial charge in [-0.05, 0) is 56.9 Å². The lowest BCUT2D eigenvalue weighted by molar-refractivity contribution is -0.120. The molecule has 0 saturated carbocycles. The Labute approximate surface area is 161 Å². The number of nitrogens with zero attached hydrogens (tertiary/aromatic N) is 1. The maximum atomic E-state index is 13.3. The van der Waals surface area contributed by atoms with Crippen LogP contribution in [-0.4, -0.2) is 29.8 Å². The number of carbonyl (C=O) groups excluding carboxylic acids is 2. The molecular weight excluding hydrogens is 370 g/mol. The van der Waals surface area contributed by atoms with Gasteiger partial charge in [0.2, 0.25) is 5.91 Å². The van der Waals surface area contributed by atoms with Crippen LogP contribution in [0.2, 0.25) is 0 Å². The van der Waals surface area contributed by atoms with Crippen molar-refractivity contribution in [3.05, 3.63) is 51.2 Å². The van der Waals surface area contributed by atoms with E-state index in [1.54, 1.807) is 4.90 Å². The van der Waals surface area contributed by atoms with Crippen molar-refractivity contribution >= 4 is 28.8 Å². The second kappa shape index (κ2) is 8.17. The van der Waals surface area contributed by atoms with Crippen LogP contribution < -0.4 is 5.32 Å². The topological polar surface area (TPSA) is 49.4 Å². The summed E-state index contributed by atoms with van der Waals surface area (Å²) < 4.78 is 26.6. The van der Waals surface area contributed by atoms with Crippen molar-refractivity contribution in [1.82, 2.24) is 4.90 Å². The third-order valence-electron chi connectivity index (χ3n) is 4.85. The van der Waals surface area contributed by atoms with Crippen LogP contribution >= 0.6 is 11.3 Å². The fourth-order valence-electron chi connectivity index (χ4n) is 3.39. The Morgan fingerprint density at radius 1 is 1.15 bits per heavy atom. The standard InChI is InChI=1S/C20H22F2N2O2S/c1-3-24(4-2)20(26)18-8-13-7-12(5-6-17(13)27-18)19(25)23-16-10-14(21)9-15(22)11-16/h8-12H,3-7H2,1-2H3,(H,23,25). The molecule has 1 aromatic carbocycles. The van der Waals surface area contributed by atoms with Crippen molar-refractivity contribution in [1.29, 1.82) is 0 Å². The average Bonchev–Trinajstić information content (AvgIpc) is 3.05. The number of hydrogen-bond donors (Lipinski definition) is 1. The number of carbonyl (C=O) groups is 2. The van der Waals surface area contributed by atoms with E-state index in [0.29, 0.717) is 30.8 Å². The number of halogens is 2. The minimum Gasteiger partial charge on any atom is -0.339 e. The van der Waals surface area contributed by atoms with Crippen molar-refractivity contribution in [3.8, 4) is 0 Å². The summed E-state index contributed by atoms with van der Waals surface area (Å²) in [5.41, 5.74) is 1.14. The molecule has 1 aliphatic rings. The normalized spacial score (nSPS) is 15.9. The smallest absolute Gasteiger partial charge is 0.263 e. The van der Waals surface area contributed by atoms with E-state index in [1.807, 2.05) is 19.9 Å². The van der Waals surface area contributed by atoms with Gasteiger partial charge in [-0.15, -0.1) is 11.3 Å². The Kier molecular flexibility index (Phi) is 5.89. The van der Waals surface area contributed by atoms with Crippen LogP contribution in [0.25, 0.3) is 0 Å². The van der Waals surface area contributed by atoms with Crippen molar-refractivity contribution in [2.24, 2.45) is 5.92 Å². The highest BCUT2D eigenvalue weighted by Crippen LogP contribution is 2.33. The first-order chi connectivity index (χ1) is 12.9. The molecule has 3 rings (SSSR count). The van der Waals surface area contributed by atoms with Crippen LogP contribution in [0.4, 0.5) is 14.5 Å². The number of aryl methyl sites for hydroxylation is 1. The van der Waals surface area contributed by atoms with E-state index >= 15 is 0 Å². The summed E-state index contributed by atoms with van der Waals surface area (Å²) in [6.07, 6.45) is 1.90. The van der Waals surface area contributed by atoms with Crippen LogP contribution in [0.15, 0.2) is 24.3 Å². The Morgan fingerprint density at radius 3 is 2.44 bits per heavy atom. The highest BCUT2D eigenvalue weighted by Gasteiger charge is 2.28. The van der Waals surface area contributed by atoms with Crippen LogP contribution in [0.1, 0.15) is 40.4 Å². The van der Waals surface area contributed by atoms with E-state index in [0.717, 1.165) is 35.1 Å². The zero-order valence-electron chi connectivity index (χ0n) is 15.4. The molecular formula is C20H22F2N2O2S. The van der Waals surface area contributed by atoms with Crippen molar-refractivity contribution < 1.29 is 18.4 Å². The highest BCUT2D eigenvalue weighted by molar-refractivity contribution is 7.14. The Bertz CT molecular complexity index is 841. The lowest BCUT2D eigenvalue weighted by atomic mass is 9.87. The molecule has 27 heavy (non-hydrogen) atoms. The zero-order chi connectivity index (χ0) is 19.6. The highest BCUT2D eigenvalue weighted by atomic mass is 32.1. The quantitative estimate of drug-likeness (QED) is 0.827. The maximum absolute atomic E-state index is 13.3. The Morgan fingerprint density at radius 2 is 1.81 bits per heavy atom. The van der Waals surface area contributed by atoms with Crippen LogP contribution in [0.5, 0.6) is 0 Å². The lowest BCUT2D eigenvalue weighted by Crippen LogP contribution is -2.29. The molecule has 1 heterocycles. The van der Waals surface area contributed by atoms with Gasteiger partial charge >= 0.3 is 0 Å². The molecule has 0 saturated heterocycles. The van der Waals surface area contributed by atoms with Gasteiger partial charge in [-0.2, -0.15) is 0 Å². The van der Waals surface area contributed by atoms with Crippen LogP contribution in [0, 0.1) is 17.6 Å². The third kappa shape index (κ3) is 4.35. The molecule has 0 spiro atoms. The summed E-state index contributed by atoms with van der Waals surface area (Å²) in [4.78, 5) is 28.7. The molecule has 1 N–H and O–H groups in total. The van der Waals surface area contributed by atoms with Gasteiger partial charge in [-0.25, -0.2) is 8.78 Å². The van der Waals surface area contributed by atoms with Gasteiger partial charge < -0.3 is 10.2 Å². The fourth-order valence-corrected chi connectivity index (χ4v) is 4.57. The number of benzene rings is 1. The molecule has 2 amide bonds. The second-order valence-corrected chi connectivity index (χ2v) is 7.76. The van der Waals surface area contributed by atoms with Gasteiger partial charge in [-0.3, -0.25) is 9.59 Å². The molecule has 1 aliphatic carbocycles. The Balaban J connectivity index is 1.70. The summed E-state index contributed by atoms with van der Waals surface area (Å²) in [6, 6.07) is 4.85. The van der Waals surface area contributed by atoms with Gasteiger partial charge in [0.1, 0.15) is 11.6 Å². The third-order valence-corrected chi connectivity index (χ3v) is 6.07. The SMILES string of the molecule is CCN(CC)C(=O)c1cc2c(s1)CCC(C(=O)Nc1cc(F)cc(F)c1)C2. The first kappa shape index (κ1) is 19.5. The summed E-state index contributed by atoms with van der Waals surface area (Å²) in [6.45, 7) is 5.22. The first-order valence-corrected chi connectivity index (χ1v) is 9.90. The van der Waals surface area contributed by atoms with Crippen LogP contribution in [0.3, 0.4) is 0 Å². The first-order valence-electron chi connectivity index (χ1n) is 9.09. The zero-order valence-corrected chi connectivity index (χ0v) is 16.2. The molecule has 1 aromatic heterocycles. The molecule has 7 heteroatoms. The summed E-state index contributed by atoms with van der Waals surface area (Å²) in [5, 5.41) is 2.60. The number of nitrogens with one attached hydrogen (secondary N) is 1. The van der Waals surface area contributed by atoms with Gasteiger partial charge in [-0.1, -0.05) is 0 Å². The minimum absolute atomic E-state index is 0.0237. The summed E-state index contributed by atoms with van der Waals surface area (Å²) in [7, 11) is 0. The molecule has 1 unspecified atom stereocenters. The van der Waals surface area contributed by atoms with Crippen molar-refractivity contribution in [2.45, 2.75) is 33.1 Å². The van der Waals surface area contributed by atoms with Crippen LogP contribution in [-0.2, 0) is 17.6 Å². The van der Waals surface area contributed by atoms with E-state index in [1.165, 1.54) is 11.3 Å². The van der Waals surface area contributed by atoms with Gasteiger partial charge in [0.15, 0.2) is 0 Å². The molecule has 2 aromatic rings. The average molecular weight is 392 g/mol. The van der Waals surface area contributed by atoms with E-state index in [4.69, 9.17) is 0 Å². The molecule has 0 aliphatic heterocycles. The predicted octanol–water partition coefficient (Wildman–Crippen LogP) is 4.25. The van der Waals surface area contributed by atoms with Crippen molar-refractivity contribution in [2.75, 3.05) is 18.4 Å². The van der Waals surface area contributed by atoms with Crippen molar-refractivity contribution in [3.63, 3.8) is 0 Å². The largest absolute Gasteiger partial charge is 0.339 e. The van der Waals surface area contributed by atoms with E-state index in [9.17, 15) is 18.4 Å². The van der Waals surface area contributed by atoms with Gasteiger partial charge in [0.25, 0.3) is 5.91 Å². The minimum atomic E-state index is -0.728. The van der Waals surface area contributed by atoms with E-state index < -0.39 is 11.6 Å². The molecule has 1 atom stereocenters. The van der Waals surface area contributed by atoms with E-state index in [2.05, 4.69) is 5.32 Å². The number of anilines is 1. The summed E-state index contributed by atoms with van der Waals surface area (Å²) in [5.74, 6) is -1.97. The second-order valence-electron chi connectivity index (χ2n) is 6.62. The predicted molar refractivity (Wildman–Crippen MR) is 102 cm³/mol. The molecule has 0 fully saturated rings. The summed E-state index contributed by atoms with van der Waals surface area (Å²) >= 11 is 1.50. The molecule has 0 radical (unpaired) electrons. The van der Waals surface area contributed by atoms with Gasteiger partial charge in [0.05, 0.1) is 4.88 Å². The number of hydrogen-bond acceptors (Lipinski definition) is 3. The fraction of sp³-hybridized carbons (Fsp3) is 0.400. The van der Waals surface area contributed by atoms with Gasteiger partial charge in [0, 0.05) is 35.6 Å².